The molecule has 0 saturated heterocycles. The standard InChI is InChI=1S/C13H16N2O4/c1-8(12(16)17)6-15(2)7-9-3-4-10-11(5-9)19-13(18)14-10/h3-5,8H,6-7H2,1-2H3,(H,14,18)(H,16,17). The molecule has 1 unspecified atom stereocenters. The van der Waals surface area contributed by atoms with Crippen LogP contribution in [0.5, 0.6) is 0 Å². The van der Waals surface area contributed by atoms with Gasteiger partial charge in [0, 0.05) is 13.1 Å². The van der Waals surface area contributed by atoms with Gasteiger partial charge in [-0.2, -0.15) is 0 Å². The molecule has 0 saturated carbocycles. The number of nitrogens with zero attached hydrogens (tertiary/aromatic N) is 1. The number of oxazole rings is 1. The van der Waals surface area contributed by atoms with E-state index in [0.29, 0.717) is 24.2 Å². The summed E-state index contributed by atoms with van der Waals surface area (Å²) in [6.07, 6.45) is 0. The quantitative estimate of drug-likeness (QED) is 0.849. The van der Waals surface area contributed by atoms with E-state index in [2.05, 4.69) is 4.98 Å². The van der Waals surface area contributed by atoms with Crippen molar-refractivity contribution < 1.29 is 14.3 Å². The molecule has 102 valence electrons. The van der Waals surface area contributed by atoms with Gasteiger partial charge in [0.05, 0.1) is 11.4 Å². The number of carbonyl (C=O) groups is 1. The van der Waals surface area contributed by atoms with Gasteiger partial charge in [0.1, 0.15) is 0 Å². The number of hydrogen-bond donors (Lipinski definition) is 2. The van der Waals surface area contributed by atoms with Gasteiger partial charge in [0.2, 0.25) is 0 Å². The average Bonchev–Trinajstić information content (AvgIpc) is 2.68. The molecule has 0 amide bonds. The van der Waals surface area contributed by atoms with Crippen LogP contribution in [-0.4, -0.2) is 34.6 Å². The van der Waals surface area contributed by atoms with Gasteiger partial charge in [0.15, 0.2) is 5.58 Å². The third-order valence-corrected chi connectivity index (χ3v) is 2.95. The second kappa shape index (κ2) is 5.27. The highest BCUT2D eigenvalue weighted by Gasteiger charge is 2.14. The molecule has 0 bridgehead atoms. The second-order valence-corrected chi connectivity index (χ2v) is 4.78. The summed E-state index contributed by atoms with van der Waals surface area (Å²) < 4.78 is 4.99. The fraction of sp³-hybridized carbons (Fsp3) is 0.385. The van der Waals surface area contributed by atoms with E-state index in [0.717, 1.165) is 5.56 Å². The van der Waals surface area contributed by atoms with Gasteiger partial charge < -0.3 is 14.4 Å². The fourth-order valence-electron chi connectivity index (χ4n) is 2.01. The maximum Gasteiger partial charge on any atom is 0.417 e. The first-order chi connectivity index (χ1) is 8.95. The van der Waals surface area contributed by atoms with Crippen molar-refractivity contribution in [2.75, 3.05) is 13.6 Å². The Balaban J connectivity index is 2.08. The molecular weight excluding hydrogens is 248 g/mol. The highest BCUT2D eigenvalue weighted by molar-refractivity contribution is 5.72. The topological polar surface area (TPSA) is 86.5 Å². The smallest absolute Gasteiger partial charge is 0.417 e. The van der Waals surface area contributed by atoms with Gasteiger partial charge >= 0.3 is 11.7 Å². The van der Waals surface area contributed by atoms with Crippen LogP contribution in [0.25, 0.3) is 11.1 Å². The van der Waals surface area contributed by atoms with Gasteiger partial charge in [-0.25, -0.2) is 4.79 Å². The van der Waals surface area contributed by atoms with Crippen LogP contribution < -0.4 is 5.76 Å². The largest absolute Gasteiger partial charge is 0.481 e. The number of fused-ring (bicyclic) bond motifs is 1. The van der Waals surface area contributed by atoms with E-state index in [1.54, 1.807) is 19.1 Å². The van der Waals surface area contributed by atoms with E-state index in [-0.39, 0.29) is 0 Å². The van der Waals surface area contributed by atoms with Gasteiger partial charge in [-0.05, 0) is 24.7 Å². The molecule has 2 N–H and O–H groups in total. The summed E-state index contributed by atoms with van der Waals surface area (Å²) in [5.74, 6) is -1.70. The Kier molecular flexibility index (Phi) is 3.71. The van der Waals surface area contributed by atoms with Crippen LogP contribution in [0.2, 0.25) is 0 Å². The molecule has 0 fully saturated rings. The molecule has 6 nitrogen and oxygen atoms in total. The third kappa shape index (κ3) is 3.23. The van der Waals surface area contributed by atoms with Crippen LogP contribution in [0.3, 0.4) is 0 Å². The Bertz CT molecular complexity index is 643. The average molecular weight is 264 g/mol. The number of carboxylic acids is 1. The van der Waals surface area contributed by atoms with Crippen LogP contribution in [-0.2, 0) is 11.3 Å². The van der Waals surface area contributed by atoms with Crippen molar-refractivity contribution >= 4 is 17.1 Å². The van der Waals surface area contributed by atoms with Crippen LogP contribution in [0.4, 0.5) is 0 Å². The van der Waals surface area contributed by atoms with Crippen molar-refractivity contribution in [1.29, 1.82) is 0 Å². The molecule has 1 heterocycles. The van der Waals surface area contributed by atoms with Gasteiger partial charge in [-0.1, -0.05) is 13.0 Å². The minimum atomic E-state index is -0.807. The number of rotatable bonds is 5. The number of carboxylic acid groups (broad SMARTS) is 1. The molecule has 0 spiro atoms. The summed E-state index contributed by atoms with van der Waals surface area (Å²) >= 11 is 0. The lowest BCUT2D eigenvalue weighted by atomic mass is 10.1. The molecule has 0 aliphatic rings. The van der Waals surface area contributed by atoms with Crippen molar-refractivity contribution in [2.24, 2.45) is 5.92 Å². The highest BCUT2D eigenvalue weighted by Crippen LogP contribution is 2.14. The summed E-state index contributed by atoms with van der Waals surface area (Å²) in [6.45, 7) is 2.74. The number of aromatic amines is 1. The molecule has 1 aromatic carbocycles. The highest BCUT2D eigenvalue weighted by atomic mass is 16.4. The number of aliphatic carboxylic acids is 1. The zero-order valence-electron chi connectivity index (χ0n) is 10.8. The van der Waals surface area contributed by atoms with Crippen LogP contribution >= 0.6 is 0 Å². The number of hydrogen-bond acceptors (Lipinski definition) is 4. The lowest BCUT2D eigenvalue weighted by Gasteiger charge is -2.18. The van der Waals surface area contributed by atoms with Crippen LogP contribution in [0, 0.1) is 5.92 Å². The number of nitrogens with one attached hydrogen (secondary N) is 1. The third-order valence-electron chi connectivity index (χ3n) is 2.95. The Morgan fingerprint density at radius 1 is 1.53 bits per heavy atom. The summed E-state index contributed by atoms with van der Waals surface area (Å²) in [7, 11) is 1.86. The van der Waals surface area contributed by atoms with Gasteiger partial charge in [0.25, 0.3) is 0 Å². The van der Waals surface area contributed by atoms with E-state index in [4.69, 9.17) is 9.52 Å². The van der Waals surface area contributed by atoms with E-state index in [1.807, 2.05) is 18.0 Å². The summed E-state index contributed by atoms with van der Waals surface area (Å²) in [6, 6.07) is 5.45. The van der Waals surface area contributed by atoms with Crippen molar-refractivity contribution in [3.8, 4) is 0 Å². The SMILES string of the molecule is CC(CN(C)Cc1ccc2[nH]c(=O)oc2c1)C(=O)O. The first kappa shape index (κ1) is 13.4. The van der Waals surface area contributed by atoms with Gasteiger partial charge in [-0.15, -0.1) is 0 Å². The number of benzene rings is 1. The molecule has 1 atom stereocenters. The van der Waals surface area contributed by atoms with E-state index in [1.165, 1.54) is 0 Å². The number of H-pyrrole nitrogens is 1. The molecule has 0 aliphatic carbocycles. The Hall–Kier alpha value is -2.08. The minimum absolute atomic E-state index is 0.418. The molecule has 0 aliphatic heterocycles. The summed E-state index contributed by atoms with van der Waals surface area (Å²) in [4.78, 5) is 26.3. The Morgan fingerprint density at radius 2 is 2.26 bits per heavy atom. The van der Waals surface area contributed by atoms with Crippen LogP contribution in [0.15, 0.2) is 27.4 Å². The molecule has 2 rings (SSSR count). The first-order valence-electron chi connectivity index (χ1n) is 5.99. The van der Waals surface area contributed by atoms with E-state index >= 15 is 0 Å². The van der Waals surface area contributed by atoms with Crippen LogP contribution in [0.1, 0.15) is 12.5 Å². The number of aromatic nitrogens is 1. The van der Waals surface area contributed by atoms with Crippen molar-refractivity contribution in [3.63, 3.8) is 0 Å². The minimum Gasteiger partial charge on any atom is -0.481 e. The zero-order chi connectivity index (χ0) is 14.0. The van der Waals surface area contributed by atoms with Gasteiger partial charge in [-0.3, -0.25) is 9.78 Å². The maximum atomic E-state index is 11.0. The fourth-order valence-corrected chi connectivity index (χ4v) is 2.01. The van der Waals surface area contributed by atoms with Crippen molar-refractivity contribution in [3.05, 3.63) is 34.3 Å². The summed E-state index contributed by atoms with van der Waals surface area (Å²) in [5, 5.41) is 8.86. The predicted molar refractivity (Wildman–Crippen MR) is 70.0 cm³/mol. The maximum absolute atomic E-state index is 11.0. The predicted octanol–water partition coefficient (Wildman–Crippen LogP) is 1.27. The van der Waals surface area contributed by atoms with E-state index in [9.17, 15) is 9.59 Å². The molecular formula is C13H16N2O4. The lowest BCUT2D eigenvalue weighted by Crippen LogP contribution is -2.28. The Labute approximate surface area is 109 Å². The van der Waals surface area contributed by atoms with Crippen molar-refractivity contribution in [1.82, 2.24) is 9.88 Å². The monoisotopic (exact) mass is 264 g/mol. The Morgan fingerprint density at radius 3 is 2.95 bits per heavy atom. The summed E-state index contributed by atoms with van der Waals surface area (Å²) in [5.41, 5.74) is 2.15. The zero-order valence-corrected chi connectivity index (χ0v) is 10.8. The second-order valence-electron chi connectivity index (χ2n) is 4.78. The molecule has 2 aromatic rings. The lowest BCUT2D eigenvalue weighted by molar-refractivity contribution is -0.141. The normalized spacial score (nSPS) is 13.0. The van der Waals surface area contributed by atoms with E-state index < -0.39 is 17.6 Å². The molecule has 19 heavy (non-hydrogen) atoms. The molecule has 0 radical (unpaired) electrons. The van der Waals surface area contributed by atoms with Crippen molar-refractivity contribution in [2.45, 2.75) is 13.5 Å². The first-order valence-corrected chi connectivity index (χ1v) is 5.99. The molecule has 6 heteroatoms. The molecule has 1 aromatic heterocycles.